The molecule has 0 aliphatic heterocycles. The molecular weight excluding hydrogens is 230 g/mol. The lowest BCUT2D eigenvalue weighted by Crippen LogP contribution is -2.28. The van der Waals surface area contributed by atoms with Crippen molar-refractivity contribution in [2.75, 3.05) is 13.1 Å². The Kier molecular flexibility index (Phi) is 7.15. The van der Waals surface area contributed by atoms with E-state index in [1.165, 1.54) is 17.5 Å². The minimum Gasteiger partial charge on any atom is -0.316 e. The van der Waals surface area contributed by atoms with Gasteiger partial charge < -0.3 is 5.32 Å². The first kappa shape index (κ1) is 16.2. The molecule has 1 heteroatoms. The maximum Gasteiger partial charge on any atom is -0.00204 e. The molecule has 0 aliphatic rings. The Balaban J connectivity index is 2.37. The highest BCUT2D eigenvalue weighted by molar-refractivity contribution is 5.22. The Hall–Kier alpha value is -0.820. The van der Waals surface area contributed by atoms with Crippen LogP contribution in [0.25, 0.3) is 0 Å². The van der Waals surface area contributed by atoms with Crippen molar-refractivity contribution in [1.29, 1.82) is 0 Å². The molecule has 2 unspecified atom stereocenters. The Labute approximate surface area is 119 Å². The van der Waals surface area contributed by atoms with Crippen LogP contribution in [-0.2, 0) is 12.8 Å². The predicted octanol–water partition coefficient (Wildman–Crippen LogP) is 4.31. The summed E-state index contributed by atoms with van der Waals surface area (Å²) >= 11 is 0. The van der Waals surface area contributed by atoms with Gasteiger partial charge in [-0.1, -0.05) is 58.9 Å². The van der Waals surface area contributed by atoms with Gasteiger partial charge in [0.25, 0.3) is 0 Å². The van der Waals surface area contributed by atoms with Crippen LogP contribution in [0, 0.1) is 17.8 Å². The van der Waals surface area contributed by atoms with Gasteiger partial charge in [0.15, 0.2) is 0 Å². The second-order valence-electron chi connectivity index (χ2n) is 6.38. The summed E-state index contributed by atoms with van der Waals surface area (Å²) in [6.07, 6.45) is 2.32. The van der Waals surface area contributed by atoms with E-state index in [1.54, 1.807) is 0 Å². The molecule has 0 fully saturated rings. The molecule has 1 aromatic carbocycles. The minimum absolute atomic E-state index is 0.726. The summed E-state index contributed by atoms with van der Waals surface area (Å²) in [5.74, 6) is 2.20. The number of aryl methyl sites for hydroxylation is 1. The molecular formula is C18H31N. The van der Waals surface area contributed by atoms with Crippen molar-refractivity contribution in [3.05, 3.63) is 35.4 Å². The minimum atomic E-state index is 0.726. The molecule has 0 amide bonds. The van der Waals surface area contributed by atoms with Gasteiger partial charge in [-0.05, 0) is 54.8 Å². The fraction of sp³-hybridized carbons (Fsp3) is 0.667. The third-order valence-corrected chi connectivity index (χ3v) is 3.98. The van der Waals surface area contributed by atoms with E-state index in [4.69, 9.17) is 0 Å². The largest absolute Gasteiger partial charge is 0.316 e. The van der Waals surface area contributed by atoms with Crippen LogP contribution in [0.15, 0.2) is 24.3 Å². The third-order valence-electron chi connectivity index (χ3n) is 3.98. The van der Waals surface area contributed by atoms with Crippen molar-refractivity contribution >= 4 is 0 Å². The molecule has 1 rings (SSSR count). The zero-order valence-electron chi connectivity index (χ0n) is 13.4. The van der Waals surface area contributed by atoms with E-state index in [0.29, 0.717) is 0 Å². The van der Waals surface area contributed by atoms with Gasteiger partial charge in [-0.25, -0.2) is 0 Å². The molecule has 0 aromatic heterocycles. The Bertz CT molecular complexity index is 339. The van der Waals surface area contributed by atoms with E-state index >= 15 is 0 Å². The lowest BCUT2D eigenvalue weighted by molar-refractivity contribution is 0.357. The van der Waals surface area contributed by atoms with Crippen LogP contribution in [-0.4, -0.2) is 13.1 Å². The summed E-state index contributed by atoms with van der Waals surface area (Å²) in [5.41, 5.74) is 2.91. The van der Waals surface area contributed by atoms with Gasteiger partial charge in [0, 0.05) is 0 Å². The standard InChI is InChI=1S/C18H31N/c1-6-17-7-9-18(10-8-17)11-15(4)16(5)13-19-12-14(2)3/h7-10,14-16,19H,6,11-13H2,1-5H3. The number of nitrogens with one attached hydrogen (secondary N) is 1. The third kappa shape index (κ3) is 6.24. The average Bonchev–Trinajstić information content (AvgIpc) is 2.39. The first-order valence-electron chi connectivity index (χ1n) is 7.81. The van der Waals surface area contributed by atoms with Gasteiger partial charge in [0.05, 0.1) is 0 Å². The number of benzene rings is 1. The molecule has 108 valence electrons. The lowest BCUT2D eigenvalue weighted by atomic mass is 9.89. The topological polar surface area (TPSA) is 12.0 Å². The van der Waals surface area contributed by atoms with Crippen molar-refractivity contribution < 1.29 is 0 Å². The van der Waals surface area contributed by atoms with Gasteiger partial charge in [-0.2, -0.15) is 0 Å². The first-order chi connectivity index (χ1) is 9.02. The molecule has 0 radical (unpaired) electrons. The fourth-order valence-corrected chi connectivity index (χ4v) is 2.28. The van der Waals surface area contributed by atoms with E-state index in [2.05, 4.69) is 64.2 Å². The van der Waals surface area contributed by atoms with Crippen molar-refractivity contribution in [2.24, 2.45) is 17.8 Å². The lowest BCUT2D eigenvalue weighted by Gasteiger charge is -2.21. The number of hydrogen-bond donors (Lipinski definition) is 1. The van der Waals surface area contributed by atoms with Gasteiger partial charge in [0.2, 0.25) is 0 Å². The molecule has 0 heterocycles. The molecule has 2 atom stereocenters. The summed E-state index contributed by atoms with van der Waals surface area (Å²) in [6, 6.07) is 9.13. The maximum atomic E-state index is 3.57. The summed E-state index contributed by atoms with van der Waals surface area (Å²) in [5, 5.41) is 3.57. The molecule has 1 nitrogen and oxygen atoms in total. The van der Waals surface area contributed by atoms with E-state index in [0.717, 1.165) is 37.3 Å². The van der Waals surface area contributed by atoms with Crippen molar-refractivity contribution in [3.8, 4) is 0 Å². The van der Waals surface area contributed by atoms with Crippen molar-refractivity contribution in [2.45, 2.75) is 47.5 Å². The SMILES string of the molecule is CCc1ccc(CC(C)C(C)CNCC(C)C)cc1. The smallest absolute Gasteiger partial charge is 0.00204 e. The van der Waals surface area contributed by atoms with E-state index in [-0.39, 0.29) is 0 Å². The quantitative estimate of drug-likeness (QED) is 0.735. The number of hydrogen-bond acceptors (Lipinski definition) is 1. The summed E-state index contributed by atoms with van der Waals surface area (Å²) in [6.45, 7) is 13.7. The second-order valence-corrected chi connectivity index (χ2v) is 6.38. The van der Waals surface area contributed by atoms with Crippen LogP contribution in [0.3, 0.4) is 0 Å². The highest BCUT2D eigenvalue weighted by Crippen LogP contribution is 2.17. The zero-order chi connectivity index (χ0) is 14.3. The van der Waals surface area contributed by atoms with Crippen LogP contribution < -0.4 is 5.32 Å². The molecule has 1 aromatic rings. The molecule has 0 spiro atoms. The molecule has 1 N–H and O–H groups in total. The normalized spacial score (nSPS) is 14.6. The predicted molar refractivity (Wildman–Crippen MR) is 85.6 cm³/mol. The Morgan fingerprint density at radius 3 is 1.95 bits per heavy atom. The number of rotatable bonds is 8. The van der Waals surface area contributed by atoms with Gasteiger partial charge >= 0.3 is 0 Å². The van der Waals surface area contributed by atoms with E-state index in [9.17, 15) is 0 Å². The zero-order valence-corrected chi connectivity index (χ0v) is 13.4. The molecule has 0 bridgehead atoms. The van der Waals surface area contributed by atoms with Gasteiger partial charge in [-0.15, -0.1) is 0 Å². The van der Waals surface area contributed by atoms with Crippen LogP contribution >= 0.6 is 0 Å². The molecule has 0 aliphatic carbocycles. The summed E-state index contributed by atoms with van der Waals surface area (Å²) < 4.78 is 0. The molecule has 19 heavy (non-hydrogen) atoms. The fourth-order valence-electron chi connectivity index (χ4n) is 2.28. The molecule has 0 saturated heterocycles. The van der Waals surface area contributed by atoms with Gasteiger partial charge in [0.1, 0.15) is 0 Å². The Morgan fingerprint density at radius 2 is 1.42 bits per heavy atom. The second kappa shape index (κ2) is 8.37. The highest BCUT2D eigenvalue weighted by atomic mass is 14.9. The average molecular weight is 261 g/mol. The monoisotopic (exact) mass is 261 g/mol. The van der Waals surface area contributed by atoms with E-state index in [1.807, 2.05) is 0 Å². The van der Waals surface area contributed by atoms with Crippen LogP contribution in [0.4, 0.5) is 0 Å². The summed E-state index contributed by atoms with van der Waals surface area (Å²) in [7, 11) is 0. The Morgan fingerprint density at radius 1 is 0.842 bits per heavy atom. The van der Waals surface area contributed by atoms with Crippen LogP contribution in [0.5, 0.6) is 0 Å². The highest BCUT2D eigenvalue weighted by Gasteiger charge is 2.12. The van der Waals surface area contributed by atoms with Gasteiger partial charge in [-0.3, -0.25) is 0 Å². The maximum absolute atomic E-state index is 3.57. The van der Waals surface area contributed by atoms with Crippen LogP contribution in [0.2, 0.25) is 0 Å². The first-order valence-corrected chi connectivity index (χ1v) is 7.81. The van der Waals surface area contributed by atoms with Crippen LogP contribution in [0.1, 0.15) is 45.7 Å². The molecule has 0 saturated carbocycles. The van der Waals surface area contributed by atoms with Crippen molar-refractivity contribution in [3.63, 3.8) is 0 Å². The summed E-state index contributed by atoms with van der Waals surface area (Å²) in [4.78, 5) is 0. The van der Waals surface area contributed by atoms with Crippen molar-refractivity contribution in [1.82, 2.24) is 5.32 Å². The van der Waals surface area contributed by atoms with E-state index < -0.39 is 0 Å².